The number of hydrogen-bond donors (Lipinski definition) is 2. The van der Waals surface area contributed by atoms with Crippen LogP contribution in [0.5, 0.6) is 11.5 Å². The molecule has 0 heterocycles. The van der Waals surface area contributed by atoms with Crippen molar-refractivity contribution in [2.75, 3.05) is 0 Å². The SMILES string of the molecule is CB(C)c1ccc(O)c(O)c1. The third-order valence-electron chi connectivity index (χ3n) is 1.67. The first kappa shape index (κ1) is 7.99. The maximum absolute atomic E-state index is 9.10. The normalized spacial score (nSPS) is 9.64. The second-order valence-electron chi connectivity index (χ2n) is 2.90. The van der Waals surface area contributed by atoms with Crippen molar-refractivity contribution in [1.82, 2.24) is 0 Å². The molecule has 0 amide bonds. The monoisotopic (exact) mass is 150 g/mol. The van der Waals surface area contributed by atoms with Crippen molar-refractivity contribution in [2.45, 2.75) is 13.6 Å². The molecule has 11 heavy (non-hydrogen) atoms. The maximum atomic E-state index is 9.10. The van der Waals surface area contributed by atoms with Gasteiger partial charge in [-0.3, -0.25) is 0 Å². The van der Waals surface area contributed by atoms with E-state index in [1.165, 1.54) is 6.07 Å². The smallest absolute Gasteiger partial charge is 0.169 e. The number of hydrogen-bond acceptors (Lipinski definition) is 2. The molecule has 0 saturated heterocycles. The van der Waals surface area contributed by atoms with Crippen molar-refractivity contribution in [3.8, 4) is 11.5 Å². The minimum atomic E-state index is -0.0607. The average Bonchev–Trinajstić information content (AvgIpc) is 1.94. The third-order valence-corrected chi connectivity index (χ3v) is 1.67. The minimum absolute atomic E-state index is 0.0452. The van der Waals surface area contributed by atoms with Gasteiger partial charge in [-0.25, -0.2) is 0 Å². The van der Waals surface area contributed by atoms with Gasteiger partial charge in [0.25, 0.3) is 0 Å². The van der Waals surface area contributed by atoms with Crippen LogP contribution >= 0.6 is 0 Å². The fourth-order valence-corrected chi connectivity index (χ4v) is 0.900. The predicted molar refractivity (Wildman–Crippen MR) is 46.9 cm³/mol. The molecule has 0 unspecified atom stereocenters. The number of benzene rings is 1. The zero-order chi connectivity index (χ0) is 8.43. The lowest BCUT2D eigenvalue weighted by atomic mass is 9.49. The van der Waals surface area contributed by atoms with Crippen LogP contribution in [0.3, 0.4) is 0 Å². The van der Waals surface area contributed by atoms with Gasteiger partial charge in [0.2, 0.25) is 0 Å². The van der Waals surface area contributed by atoms with Crippen molar-refractivity contribution in [1.29, 1.82) is 0 Å². The summed E-state index contributed by atoms with van der Waals surface area (Å²) in [7, 11) is 0. The van der Waals surface area contributed by atoms with E-state index in [0.29, 0.717) is 6.71 Å². The van der Waals surface area contributed by atoms with Crippen molar-refractivity contribution in [3.63, 3.8) is 0 Å². The summed E-state index contributed by atoms with van der Waals surface area (Å²) in [5, 5.41) is 18.1. The Morgan fingerprint density at radius 3 is 2.18 bits per heavy atom. The molecule has 0 aromatic heterocycles. The molecule has 2 N–H and O–H groups in total. The average molecular weight is 150 g/mol. The Balaban J connectivity index is 3.05. The number of rotatable bonds is 1. The fraction of sp³-hybridized carbons (Fsp3) is 0.250. The van der Waals surface area contributed by atoms with E-state index in [0.717, 1.165) is 5.46 Å². The van der Waals surface area contributed by atoms with E-state index >= 15 is 0 Å². The molecule has 0 radical (unpaired) electrons. The highest BCUT2D eigenvalue weighted by atomic mass is 16.3. The van der Waals surface area contributed by atoms with Crippen molar-refractivity contribution in [2.24, 2.45) is 0 Å². The first-order chi connectivity index (χ1) is 5.11. The van der Waals surface area contributed by atoms with Gasteiger partial charge < -0.3 is 10.2 Å². The first-order valence-corrected chi connectivity index (χ1v) is 3.63. The van der Waals surface area contributed by atoms with Crippen LogP contribution in [0, 0.1) is 0 Å². The van der Waals surface area contributed by atoms with Gasteiger partial charge >= 0.3 is 0 Å². The fourth-order valence-electron chi connectivity index (χ4n) is 0.900. The zero-order valence-corrected chi connectivity index (χ0v) is 6.70. The van der Waals surface area contributed by atoms with Gasteiger partial charge in [0.05, 0.1) is 0 Å². The summed E-state index contributed by atoms with van der Waals surface area (Å²) in [5.74, 6) is -0.106. The van der Waals surface area contributed by atoms with Gasteiger partial charge in [-0.1, -0.05) is 25.2 Å². The van der Waals surface area contributed by atoms with Crippen LogP contribution in [0.15, 0.2) is 18.2 Å². The van der Waals surface area contributed by atoms with Crippen molar-refractivity contribution in [3.05, 3.63) is 18.2 Å². The van der Waals surface area contributed by atoms with Crippen LogP contribution in [0.1, 0.15) is 0 Å². The van der Waals surface area contributed by atoms with E-state index in [9.17, 15) is 0 Å². The zero-order valence-electron chi connectivity index (χ0n) is 6.70. The molecule has 0 aliphatic rings. The Bertz CT molecular complexity index is 258. The summed E-state index contributed by atoms with van der Waals surface area (Å²) in [4.78, 5) is 0. The Hall–Kier alpha value is -1.12. The van der Waals surface area contributed by atoms with E-state index in [-0.39, 0.29) is 11.5 Å². The standard InChI is InChI=1S/C8H11BO2/c1-9(2)6-3-4-7(10)8(11)5-6/h3-5,10-11H,1-2H3. The molecule has 1 rings (SSSR count). The highest BCUT2D eigenvalue weighted by molar-refractivity contribution is 6.70. The van der Waals surface area contributed by atoms with Crippen LogP contribution in [-0.4, -0.2) is 16.9 Å². The summed E-state index contributed by atoms with van der Waals surface area (Å²) >= 11 is 0. The van der Waals surface area contributed by atoms with E-state index in [4.69, 9.17) is 10.2 Å². The van der Waals surface area contributed by atoms with E-state index in [1.54, 1.807) is 12.1 Å². The lowest BCUT2D eigenvalue weighted by Crippen LogP contribution is -2.21. The van der Waals surface area contributed by atoms with Gasteiger partial charge in [0, 0.05) is 0 Å². The summed E-state index contributed by atoms with van der Waals surface area (Å²) in [5.41, 5.74) is 1.03. The van der Waals surface area contributed by atoms with Gasteiger partial charge in [-0.05, 0) is 12.1 Å². The second-order valence-corrected chi connectivity index (χ2v) is 2.90. The van der Waals surface area contributed by atoms with Crippen molar-refractivity contribution < 1.29 is 10.2 Å². The van der Waals surface area contributed by atoms with Gasteiger partial charge in [0.1, 0.15) is 0 Å². The summed E-state index contributed by atoms with van der Waals surface area (Å²) < 4.78 is 0. The molecule has 0 aliphatic heterocycles. The van der Waals surface area contributed by atoms with Crippen molar-refractivity contribution >= 4 is 12.2 Å². The molecule has 1 aromatic rings. The number of aromatic hydroxyl groups is 2. The van der Waals surface area contributed by atoms with Gasteiger partial charge in [-0.15, -0.1) is 0 Å². The van der Waals surface area contributed by atoms with E-state index < -0.39 is 0 Å². The highest BCUT2D eigenvalue weighted by Gasteiger charge is 2.05. The molecule has 1 aromatic carbocycles. The Morgan fingerprint density at radius 2 is 1.73 bits per heavy atom. The van der Waals surface area contributed by atoms with Crippen LogP contribution in [0.2, 0.25) is 13.6 Å². The predicted octanol–water partition coefficient (Wildman–Crippen LogP) is 1.06. The molecule has 3 heteroatoms. The Labute approximate surface area is 66.6 Å². The second kappa shape index (κ2) is 2.87. The van der Waals surface area contributed by atoms with Gasteiger partial charge in [-0.2, -0.15) is 0 Å². The molecule has 0 saturated carbocycles. The lowest BCUT2D eigenvalue weighted by molar-refractivity contribution is 0.404. The maximum Gasteiger partial charge on any atom is 0.169 e. The molecular weight excluding hydrogens is 139 g/mol. The molecule has 0 atom stereocenters. The summed E-state index contributed by atoms with van der Waals surface area (Å²) in [6.45, 7) is 4.44. The van der Waals surface area contributed by atoms with Crippen LogP contribution in [-0.2, 0) is 0 Å². The molecular formula is C8H11BO2. The quantitative estimate of drug-likeness (QED) is 0.464. The summed E-state index contributed by atoms with van der Waals surface area (Å²) in [6, 6.07) is 4.89. The lowest BCUT2D eigenvalue weighted by Gasteiger charge is -2.03. The molecule has 0 fully saturated rings. The third kappa shape index (κ3) is 1.67. The molecule has 58 valence electrons. The van der Waals surface area contributed by atoms with Crippen LogP contribution in [0.25, 0.3) is 0 Å². The van der Waals surface area contributed by atoms with E-state index in [1.807, 2.05) is 13.6 Å². The minimum Gasteiger partial charge on any atom is -0.504 e. The Kier molecular flexibility index (Phi) is 2.08. The number of phenolic OH excluding ortho intramolecular Hbond substituents is 2. The van der Waals surface area contributed by atoms with Crippen LogP contribution < -0.4 is 5.46 Å². The number of phenols is 2. The van der Waals surface area contributed by atoms with Gasteiger partial charge in [0.15, 0.2) is 18.2 Å². The summed E-state index contributed by atoms with van der Waals surface area (Å²) in [6.07, 6.45) is 0. The topological polar surface area (TPSA) is 40.5 Å². The molecule has 2 nitrogen and oxygen atoms in total. The largest absolute Gasteiger partial charge is 0.504 e. The highest BCUT2D eigenvalue weighted by Crippen LogP contribution is 2.21. The van der Waals surface area contributed by atoms with Crippen LogP contribution in [0.4, 0.5) is 0 Å². The first-order valence-electron chi connectivity index (χ1n) is 3.63. The molecule has 0 spiro atoms. The van der Waals surface area contributed by atoms with E-state index in [2.05, 4.69) is 0 Å². The Morgan fingerprint density at radius 1 is 1.09 bits per heavy atom. The molecule has 0 aliphatic carbocycles. The molecule has 0 bridgehead atoms.